The molecule has 3 aromatic rings. The van der Waals surface area contributed by atoms with Crippen molar-refractivity contribution in [2.75, 3.05) is 25.1 Å². The number of rotatable bonds is 3. The highest BCUT2D eigenvalue weighted by Crippen LogP contribution is 2.37. The van der Waals surface area contributed by atoms with Gasteiger partial charge in [-0.3, -0.25) is 4.79 Å². The molecule has 0 radical (unpaired) electrons. The highest BCUT2D eigenvalue weighted by molar-refractivity contribution is 6.21. The highest BCUT2D eigenvalue weighted by Gasteiger charge is 2.28. The third-order valence-electron chi connectivity index (χ3n) is 6.02. The summed E-state index contributed by atoms with van der Waals surface area (Å²) < 4.78 is 19.7. The second-order valence-corrected chi connectivity index (χ2v) is 7.91. The van der Waals surface area contributed by atoms with Crippen molar-refractivity contribution >= 4 is 28.1 Å². The minimum absolute atomic E-state index is 0.0348. The van der Waals surface area contributed by atoms with Gasteiger partial charge in [0.25, 0.3) is 5.91 Å². The van der Waals surface area contributed by atoms with Gasteiger partial charge in [-0.15, -0.1) is 0 Å². The van der Waals surface area contributed by atoms with Gasteiger partial charge in [-0.05, 0) is 60.7 Å². The molecule has 2 aliphatic rings. The largest absolute Gasteiger partial charge is 0.497 e. The number of anilines is 1. The lowest BCUT2D eigenvalue weighted by Gasteiger charge is -2.33. The Bertz CT molecular complexity index is 1140. The maximum Gasteiger partial charge on any atom is 0.255 e. The van der Waals surface area contributed by atoms with Crippen LogP contribution in [0.1, 0.15) is 30.4 Å². The van der Waals surface area contributed by atoms with Crippen LogP contribution < -0.4 is 9.64 Å². The molecule has 1 N–H and O–H groups in total. The quantitative estimate of drug-likeness (QED) is 0.688. The van der Waals surface area contributed by atoms with Gasteiger partial charge < -0.3 is 19.5 Å². The standard InChI is InChI=1S/C24H24FN3O2/c1-30-18-5-6-19-16(11-18)14-28(15-21(19)24(29)27-9-3-2-4-10-27)23-13-17(25)12-22-20(23)7-8-26-22/h5-8,11-13,15,26H,2-4,9-10,14H2,1H3. The Labute approximate surface area is 174 Å². The number of H-pyrrole nitrogens is 1. The van der Waals surface area contributed by atoms with Gasteiger partial charge in [0.2, 0.25) is 0 Å². The maximum atomic E-state index is 14.3. The number of hydrogen-bond acceptors (Lipinski definition) is 3. The van der Waals surface area contributed by atoms with Gasteiger partial charge in [0.1, 0.15) is 11.6 Å². The number of benzene rings is 2. The van der Waals surface area contributed by atoms with E-state index in [2.05, 4.69) is 4.98 Å². The van der Waals surface area contributed by atoms with Crippen molar-refractivity contribution in [1.82, 2.24) is 9.88 Å². The third kappa shape index (κ3) is 3.22. The molecule has 30 heavy (non-hydrogen) atoms. The van der Waals surface area contributed by atoms with Crippen LogP contribution in [0.2, 0.25) is 0 Å². The summed E-state index contributed by atoms with van der Waals surface area (Å²) in [7, 11) is 1.63. The fourth-order valence-corrected chi connectivity index (χ4v) is 4.49. The Hall–Kier alpha value is -3.28. The van der Waals surface area contributed by atoms with E-state index in [1.807, 2.05) is 40.3 Å². The molecule has 5 rings (SSSR count). The smallest absolute Gasteiger partial charge is 0.255 e. The molecule has 2 aliphatic heterocycles. The van der Waals surface area contributed by atoms with Crippen molar-refractivity contribution in [3.05, 3.63) is 65.7 Å². The van der Waals surface area contributed by atoms with E-state index in [0.29, 0.717) is 12.1 Å². The van der Waals surface area contributed by atoms with Crippen LogP contribution in [0.4, 0.5) is 10.1 Å². The number of carbonyl (C=O) groups excluding carboxylic acids is 1. The summed E-state index contributed by atoms with van der Waals surface area (Å²) in [5.74, 6) is 0.465. The summed E-state index contributed by atoms with van der Waals surface area (Å²) in [5, 5.41) is 0.920. The number of aromatic nitrogens is 1. The number of methoxy groups -OCH3 is 1. The van der Waals surface area contributed by atoms with Crippen LogP contribution in [0.25, 0.3) is 16.5 Å². The van der Waals surface area contributed by atoms with E-state index in [4.69, 9.17) is 4.74 Å². The van der Waals surface area contributed by atoms with E-state index in [1.54, 1.807) is 13.3 Å². The van der Waals surface area contributed by atoms with E-state index >= 15 is 0 Å². The normalized spacial score (nSPS) is 16.4. The van der Waals surface area contributed by atoms with Gasteiger partial charge >= 0.3 is 0 Å². The zero-order chi connectivity index (χ0) is 20.7. The molecule has 0 saturated carbocycles. The molecule has 1 aromatic heterocycles. The van der Waals surface area contributed by atoms with Crippen LogP contribution in [-0.4, -0.2) is 36.0 Å². The Kier molecular flexibility index (Phi) is 4.69. The fourth-order valence-electron chi connectivity index (χ4n) is 4.49. The second-order valence-electron chi connectivity index (χ2n) is 7.91. The van der Waals surface area contributed by atoms with Crippen molar-refractivity contribution < 1.29 is 13.9 Å². The number of likely N-dealkylation sites (tertiary alicyclic amines) is 1. The molecule has 1 saturated heterocycles. The molecule has 3 heterocycles. The number of halogens is 1. The average molecular weight is 405 g/mol. The Balaban J connectivity index is 1.63. The number of nitrogens with zero attached hydrogens (tertiary/aromatic N) is 2. The van der Waals surface area contributed by atoms with Crippen LogP contribution in [0.5, 0.6) is 5.75 Å². The first-order chi connectivity index (χ1) is 14.6. The van der Waals surface area contributed by atoms with E-state index in [0.717, 1.165) is 65.8 Å². The zero-order valence-electron chi connectivity index (χ0n) is 17.0. The third-order valence-corrected chi connectivity index (χ3v) is 6.02. The zero-order valence-corrected chi connectivity index (χ0v) is 17.0. The number of amides is 1. The van der Waals surface area contributed by atoms with E-state index in [-0.39, 0.29) is 11.7 Å². The number of fused-ring (bicyclic) bond motifs is 2. The van der Waals surface area contributed by atoms with Crippen LogP contribution >= 0.6 is 0 Å². The lowest BCUT2D eigenvalue weighted by molar-refractivity contribution is -0.125. The van der Waals surface area contributed by atoms with Crippen molar-refractivity contribution in [1.29, 1.82) is 0 Å². The molecule has 6 heteroatoms. The lowest BCUT2D eigenvalue weighted by Crippen LogP contribution is -2.37. The molecule has 5 nitrogen and oxygen atoms in total. The molecule has 0 atom stereocenters. The molecule has 0 aliphatic carbocycles. The molecule has 1 amide bonds. The summed E-state index contributed by atoms with van der Waals surface area (Å²) >= 11 is 0. The molecular formula is C24H24FN3O2. The molecule has 0 spiro atoms. The summed E-state index contributed by atoms with van der Waals surface area (Å²) in [4.78, 5) is 20.4. The Morgan fingerprint density at radius 1 is 1.10 bits per heavy atom. The van der Waals surface area contributed by atoms with Gasteiger partial charge in [0.05, 0.1) is 23.9 Å². The topological polar surface area (TPSA) is 48.6 Å². The predicted molar refractivity (Wildman–Crippen MR) is 116 cm³/mol. The van der Waals surface area contributed by atoms with Gasteiger partial charge in [0, 0.05) is 37.4 Å². The summed E-state index contributed by atoms with van der Waals surface area (Å²) in [6.45, 7) is 2.10. The number of carbonyl (C=O) groups is 1. The first kappa shape index (κ1) is 18.7. The maximum absolute atomic E-state index is 14.3. The van der Waals surface area contributed by atoms with Gasteiger partial charge in [-0.1, -0.05) is 6.07 Å². The van der Waals surface area contributed by atoms with Crippen LogP contribution in [0, 0.1) is 5.82 Å². The predicted octanol–water partition coefficient (Wildman–Crippen LogP) is 4.69. The molecular weight excluding hydrogens is 381 g/mol. The monoisotopic (exact) mass is 405 g/mol. The molecule has 1 fully saturated rings. The number of ether oxygens (including phenoxy) is 1. The number of piperidine rings is 1. The second kappa shape index (κ2) is 7.52. The molecule has 0 unspecified atom stereocenters. The molecule has 0 bridgehead atoms. The SMILES string of the molecule is COc1ccc2c(c1)CN(c1cc(F)cc3[nH]ccc13)C=C2C(=O)N1CCCCC1. The first-order valence-electron chi connectivity index (χ1n) is 10.4. The van der Waals surface area contributed by atoms with E-state index < -0.39 is 0 Å². The van der Waals surface area contributed by atoms with E-state index in [1.165, 1.54) is 12.1 Å². The van der Waals surface area contributed by atoms with Crippen LogP contribution in [0.3, 0.4) is 0 Å². The summed E-state index contributed by atoms with van der Waals surface area (Å²) in [5.41, 5.74) is 4.03. The lowest BCUT2D eigenvalue weighted by atomic mass is 9.94. The van der Waals surface area contributed by atoms with E-state index in [9.17, 15) is 9.18 Å². The molecule has 154 valence electrons. The minimum Gasteiger partial charge on any atom is -0.497 e. The van der Waals surface area contributed by atoms with Gasteiger partial charge in [-0.25, -0.2) is 4.39 Å². The number of hydrogen-bond donors (Lipinski definition) is 1. The summed E-state index contributed by atoms with van der Waals surface area (Å²) in [6.07, 6.45) is 6.92. The van der Waals surface area contributed by atoms with Crippen LogP contribution in [-0.2, 0) is 11.3 Å². The average Bonchev–Trinajstić information content (AvgIpc) is 3.25. The van der Waals surface area contributed by atoms with Crippen molar-refractivity contribution in [2.24, 2.45) is 0 Å². The number of nitrogens with one attached hydrogen (secondary N) is 1. The Morgan fingerprint density at radius 2 is 1.93 bits per heavy atom. The van der Waals surface area contributed by atoms with Gasteiger partial charge in [0.15, 0.2) is 0 Å². The van der Waals surface area contributed by atoms with Crippen molar-refractivity contribution in [3.8, 4) is 5.75 Å². The van der Waals surface area contributed by atoms with Crippen LogP contribution in [0.15, 0.2) is 48.8 Å². The van der Waals surface area contributed by atoms with Crippen molar-refractivity contribution in [3.63, 3.8) is 0 Å². The first-order valence-corrected chi connectivity index (χ1v) is 10.4. The minimum atomic E-state index is -0.311. The summed E-state index contributed by atoms with van der Waals surface area (Å²) in [6, 6.07) is 10.8. The highest BCUT2D eigenvalue weighted by atomic mass is 19.1. The van der Waals surface area contributed by atoms with Crippen molar-refractivity contribution in [2.45, 2.75) is 25.8 Å². The van der Waals surface area contributed by atoms with Gasteiger partial charge in [-0.2, -0.15) is 0 Å². The molecule has 2 aromatic carbocycles. The number of aromatic amines is 1. The Morgan fingerprint density at radius 3 is 2.73 bits per heavy atom. The fraction of sp³-hybridized carbons (Fsp3) is 0.292.